The molecule has 3 aromatic rings. The van der Waals surface area contributed by atoms with E-state index >= 15 is 0 Å². The van der Waals surface area contributed by atoms with Crippen LogP contribution in [-0.2, 0) is 15.6 Å². The third-order valence-corrected chi connectivity index (χ3v) is 9.72. The summed E-state index contributed by atoms with van der Waals surface area (Å²) in [7, 11) is 0. The van der Waals surface area contributed by atoms with E-state index in [0.717, 1.165) is 50.0 Å². The molecule has 3 N–H and O–H groups in total. The molecule has 0 amide bonds. The average Bonchev–Trinajstić information content (AvgIpc) is 3.61. The van der Waals surface area contributed by atoms with Crippen LogP contribution in [0.1, 0.15) is 74.4 Å². The summed E-state index contributed by atoms with van der Waals surface area (Å²) in [6, 6.07) is 11.7. The molecule has 1 aliphatic rings. The molecule has 0 aliphatic carbocycles. The van der Waals surface area contributed by atoms with Crippen LogP contribution in [0.25, 0.3) is 27.5 Å². The van der Waals surface area contributed by atoms with Crippen molar-refractivity contribution in [1.82, 2.24) is 0 Å². The van der Waals surface area contributed by atoms with E-state index in [1.54, 1.807) is 17.4 Å². The quantitative estimate of drug-likeness (QED) is 0.113. The summed E-state index contributed by atoms with van der Waals surface area (Å²) in [5.74, 6) is -0.743. The van der Waals surface area contributed by atoms with Gasteiger partial charge in [-0.15, -0.1) is 22.7 Å². The Kier molecular flexibility index (Phi) is 7.57. The number of anilines is 1. The number of allylic oxidation sites excluding steroid dienone is 1. The van der Waals surface area contributed by atoms with Gasteiger partial charge in [-0.2, -0.15) is 5.26 Å². The number of rotatable bonds is 8. The van der Waals surface area contributed by atoms with Gasteiger partial charge in [0.05, 0.1) is 0 Å². The van der Waals surface area contributed by atoms with Gasteiger partial charge in [-0.1, -0.05) is 34.6 Å². The lowest BCUT2D eigenvalue weighted by molar-refractivity contribution is -0.138. The van der Waals surface area contributed by atoms with Gasteiger partial charge in [-0.05, 0) is 72.4 Å². The third-order valence-electron chi connectivity index (χ3n) is 7.27. The van der Waals surface area contributed by atoms with Crippen molar-refractivity contribution in [3.63, 3.8) is 0 Å². The summed E-state index contributed by atoms with van der Waals surface area (Å²) in [5, 5.41) is 31.7. The largest absolute Gasteiger partial charge is 0.477 e. The fourth-order valence-electron chi connectivity index (χ4n) is 4.68. The standard InChI is InChI=1S/C30H32N2O4S2/c1-7-29(3,4)21-14-18(27(36-35)25-26(21)32-16-30(25,5)6)12-17(2)22-10-11-24(38-22)23-9-8-20(37-23)13-19(15-31)28(33)34/h8-14,32,35H,7,16H2,1-6H3,(H,33,34)/b17-12+,19-13-. The van der Waals surface area contributed by atoms with E-state index in [0.29, 0.717) is 10.6 Å². The number of nitrogens with one attached hydrogen (secondary N) is 1. The Morgan fingerprint density at radius 3 is 2.53 bits per heavy atom. The molecular formula is C30H32N2O4S2. The lowest BCUT2D eigenvalue weighted by Gasteiger charge is -2.29. The van der Waals surface area contributed by atoms with Crippen molar-refractivity contribution in [1.29, 1.82) is 5.26 Å². The summed E-state index contributed by atoms with van der Waals surface area (Å²) in [6.45, 7) is 13.8. The molecule has 4 rings (SSSR count). The average molecular weight is 549 g/mol. The molecule has 0 saturated heterocycles. The lowest BCUT2D eigenvalue weighted by Crippen LogP contribution is -2.20. The molecule has 1 aliphatic heterocycles. The summed E-state index contributed by atoms with van der Waals surface area (Å²) >= 11 is 3.08. The van der Waals surface area contributed by atoms with Gasteiger partial charge in [0, 0.05) is 48.3 Å². The second kappa shape index (κ2) is 10.4. The predicted molar refractivity (Wildman–Crippen MR) is 157 cm³/mol. The maximum atomic E-state index is 11.2. The SMILES string of the molecule is CCC(C)(C)c1cc(/C=C(\C)c2ccc(-c3ccc(/C=C(/C#N)C(=O)O)s3)s2)c(OO)c2c1NCC2(C)C. The zero-order valence-corrected chi connectivity index (χ0v) is 24.1. The van der Waals surface area contributed by atoms with E-state index in [1.165, 1.54) is 23.0 Å². The van der Waals surface area contributed by atoms with Crippen LogP contribution in [0.4, 0.5) is 5.69 Å². The molecule has 2 aromatic heterocycles. The topological polar surface area (TPSA) is 103 Å². The van der Waals surface area contributed by atoms with Gasteiger partial charge in [0.1, 0.15) is 11.6 Å². The highest BCUT2D eigenvalue weighted by atomic mass is 32.1. The first-order valence-electron chi connectivity index (χ1n) is 12.4. The van der Waals surface area contributed by atoms with Crippen molar-refractivity contribution in [2.24, 2.45) is 0 Å². The highest BCUT2D eigenvalue weighted by molar-refractivity contribution is 7.23. The number of nitriles is 1. The van der Waals surface area contributed by atoms with Crippen LogP contribution in [0.15, 0.2) is 35.9 Å². The fourth-order valence-corrected chi connectivity index (χ4v) is 6.70. The second-order valence-electron chi connectivity index (χ2n) is 10.8. The van der Waals surface area contributed by atoms with Crippen LogP contribution in [-0.4, -0.2) is 22.9 Å². The molecule has 198 valence electrons. The van der Waals surface area contributed by atoms with Crippen molar-refractivity contribution >= 4 is 52.1 Å². The Hall–Kier alpha value is -3.38. The number of hydrogen-bond donors (Lipinski definition) is 3. The molecule has 6 nitrogen and oxygen atoms in total. The minimum absolute atomic E-state index is 0.0601. The normalized spacial score (nSPS) is 15.1. The first-order valence-corrected chi connectivity index (χ1v) is 14.1. The van der Waals surface area contributed by atoms with Gasteiger partial charge in [0.15, 0.2) is 5.75 Å². The predicted octanol–water partition coefficient (Wildman–Crippen LogP) is 8.27. The van der Waals surface area contributed by atoms with Crippen molar-refractivity contribution in [2.45, 2.75) is 58.8 Å². The maximum absolute atomic E-state index is 11.2. The Morgan fingerprint density at radius 2 is 1.89 bits per heavy atom. The lowest BCUT2D eigenvalue weighted by atomic mass is 9.76. The molecule has 0 unspecified atom stereocenters. The summed E-state index contributed by atoms with van der Waals surface area (Å²) in [5.41, 5.74) is 4.61. The van der Waals surface area contributed by atoms with Gasteiger partial charge in [-0.25, -0.2) is 10.1 Å². The molecule has 0 atom stereocenters. The Bertz CT molecular complexity index is 1500. The molecule has 0 spiro atoms. The van der Waals surface area contributed by atoms with Crippen LogP contribution in [0.2, 0.25) is 0 Å². The fraction of sp³-hybridized carbons (Fsp3) is 0.333. The second-order valence-corrected chi connectivity index (χ2v) is 13.0. The number of thiophene rings is 2. The Balaban J connectivity index is 1.74. The zero-order valence-electron chi connectivity index (χ0n) is 22.4. The monoisotopic (exact) mass is 548 g/mol. The molecule has 0 radical (unpaired) electrons. The van der Waals surface area contributed by atoms with Crippen LogP contribution in [0.3, 0.4) is 0 Å². The number of hydrogen-bond acceptors (Lipinski definition) is 7. The molecule has 3 heterocycles. The first-order chi connectivity index (χ1) is 17.9. The minimum atomic E-state index is -1.23. The Labute approximate surface area is 231 Å². The minimum Gasteiger partial charge on any atom is -0.477 e. The first kappa shape index (κ1) is 27.6. The van der Waals surface area contributed by atoms with Gasteiger partial charge in [0.25, 0.3) is 0 Å². The molecular weight excluding hydrogens is 516 g/mol. The van der Waals surface area contributed by atoms with Gasteiger partial charge >= 0.3 is 5.97 Å². The van der Waals surface area contributed by atoms with Crippen LogP contribution in [0.5, 0.6) is 5.75 Å². The smallest absolute Gasteiger partial charge is 0.346 e. The highest BCUT2D eigenvalue weighted by Gasteiger charge is 2.39. The van der Waals surface area contributed by atoms with Crippen molar-refractivity contribution in [3.8, 4) is 21.6 Å². The number of carboxylic acids is 1. The number of aliphatic carboxylic acids is 1. The number of fused-ring (bicyclic) bond motifs is 1. The number of benzene rings is 1. The van der Waals surface area contributed by atoms with E-state index in [9.17, 15) is 10.1 Å². The molecule has 0 saturated carbocycles. The number of carboxylic acid groups (broad SMARTS) is 1. The summed E-state index contributed by atoms with van der Waals surface area (Å²) < 4.78 is 0. The molecule has 0 bridgehead atoms. The van der Waals surface area contributed by atoms with Crippen LogP contribution < -0.4 is 10.2 Å². The Morgan fingerprint density at radius 1 is 1.21 bits per heavy atom. The van der Waals surface area contributed by atoms with Crippen molar-refractivity contribution in [3.05, 3.63) is 62.3 Å². The number of nitrogens with zero attached hydrogens (tertiary/aromatic N) is 1. The van der Waals surface area contributed by atoms with E-state index < -0.39 is 5.97 Å². The third kappa shape index (κ3) is 5.14. The van der Waals surface area contributed by atoms with Crippen LogP contribution in [0, 0.1) is 11.3 Å². The molecule has 0 fully saturated rings. The molecule has 1 aromatic carbocycles. The number of carbonyl (C=O) groups is 1. The molecule has 8 heteroatoms. The van der Waals surface area contributed by atoms with Crippen molar-refractivity contribution in [2.75, 3.05) is 11.9 Å². The van der Waals surface area contributed by atoms with Gasteiger partial charge < -0.3 is 15.3 Å². The summed E-state index contributed by atoms with van der Waals surface area (Å²) in [6.07, 6.45) is 4.43. The highest BCUT2D eigenvalue weighted by Crippen LogP contribution is 2.50. The maximum Gasteiger partial charge on any atom is 0.346 e. The van der Waals surface area contributed by atoms with E-state index in [4.69, 9.17) is 15.3 Å². The van der Waals surface area contributed by atoms with Gasteiger partial charge in [0.2, 0.25) is 0 Å². The van der Waals surface area contributed by atoms with Gasteiger partial charge in [-0.3, -0.25) is 0 Å². The van der Waals surface area contributed by atoms with Crippen LogP contribution >= 0.6 is 22.7 Å². The van der Waals surface area contributed by atoms with E-state index in [2.05, 4.69) is 58.1 Å². The van der Waals surface area contributed by atoms with Crippen molar-refractivity contribution < 1.29 is 20.0 Å². The summed E-state index contributed by atoms with van der Waals surface area (Å²) in [4.78, 5) is 20.0. The zero-order chi connectivity index (χ0) is 27.8. The molecule has 38 heavy (non-hydrogen) atoms. The van der Waals surface area contributed by atoms with E-state index in [1.807, 2.05) is 25.1 Å². The van der Waals surface area contributed by atoms with E-state index in [-0.39, 0.29) is 16.4 Å².